The number of hydrogen-bond acceptors (Lipinski definition) is 1. The number of benzene rings is 3. The lowest BCUT2D eigenvalue weighted by Crippen LogP contribution is -1.89. The van der Waals surface area contributed by atoms with Gasteiger partial charge in [-0.15, -0.1) is 0 Å². The average Bonchev–Trinajstić information content (AvgIpc) is 2.85. The smallest absolute Gasteiger partial charge is 0.0167 e. The highest BCUT2D eigenvalue weighted by Crippen LogP contribution is 2.10. The molecule has 0 spiro atoms. The van der Waals surface area contributed by atoms with Crippen molar-refractivity contribution in [3.05, 3.63) is 133 Å². The Balaban J connectivity index is 0.000000411. The molecule has 0 atom stereocenters. The number of nitrogens with one attached hydrogen (secondary N) is 1. The van der Waals surface area contributed by atoms with E-state index >= 15 is 0 Å². The van der Waals surface area contributed by atoms with Crippen molar-refractivity contribution < 1.29 is 0 Å². The zero-order valence-electron chi connectivity index (χ0n) is 19.4. The van der Waals surface area contributed by atoms with Crippen molar-refractivity contribution >= 4 is 24.3 Å². The highest BCUT2D eigenvalue weighted by molar-refractivity contribution is 5.63. The van der Waals surface area contributed by atoms with Gasteiger partial charge in [-0.2, -0.15) is 0 Å². The first-order chi connectivity index (χ1) is 15.1. The minimum Gasteiger partial charge on any atom is -0.323 e. The van der Waals surface area contributed by atoms with Crippen LogP contribution in [0.15, 0.2) is 105 Å². The Morgan fingerprint density at radius 1 is 0.581 bits per heavy atom. The fourth-order valence-corrected chi connectivity index (χ4v) is 2.53. The van der Waals surface area contributed by atoms with Crippen LogP contribution in [0.5, 0.6) is 0 Å². The van der Waals surface area contributed by atoms with E-state index in [1.165, 1.54) is 16.7 Å². The molecular formula is C30H37N. The molecule has 1 nitrogen and oxygen atoms in total. The molecular weight excluding hydrogens is 374 g/mol. The van der Waals surface area contributed by atoms with Crippen LogP contribution in [-0.2, 0) is 6.42 Å². The van der Waals surface area contributed by atoms with Gasteiger partial charge in [-0.25, -0.2) is 0 Å². The summed E-state index contributed by atoms with van der Waals surface area (Å²) in [6, 6.07) is 26.4. The zero-order valence-corrected chi connectivity index (χ0v) is 19.4. The molecule has 0 bridgehead atoms. The van der Waals surface area contributed by atoms with Gasteiger partial charge in [-0.3, -0.25) is 0 Å². The predicted octanol–water partition coefficient (Wildman–Crippen LogP) is 8.03. The van der Waals surface area contributed by atoms with Gasteiger partial charge < -0.3 is 5.32 Å². The van der Waals surface area contributed by atoms with Gasteiger partial charge in [0, 0.05) is 0 Å². The van der Waals surface area contributed by atoms with Crippen LogP contribution >= 0.6 is 0 Å². The molecule has 0 radical (unpaired) electrons. The van der Waals surface area contributed by atoms with Gasteiger partial charge in [0.25, 0.3) is 0 Å². The molecule has 1 heteroatoms. The summed E-state index contributed by atoms with van der Waals surface area (Å²) in [7, 11) is 3.75. The molecule has 0 amide bonds. The molecule has 1 N–H and O–H groups in total. The monoisotopic (exact) mass is 411 g/mol. The molecule has 0 aliphatic heterocycles. The van der Waals surface area contributed by atoms with Gasteiger partial charge in [-0.1, -0.05) is 136 Å². The van der Waals surface area contributed by atoms with E-state index in [4.69, 9.17) is 0 Å². The first-order valence-corrected chi connectivity index (χ1v) is 10.4. The van der Waals surface area contributed by atoms with E-state index in [9.17, 15) is 0 Å². The van der Waals surface area contributed by atoms with Crippen molar-refractivity contribution in [1.29, 1.82) is 0 Å². The van der Waals surface area contributed by atoms with Crippen LogP contribution in [0.1, 0.15) is 34.7 Å². The third-order valence-electron chi connectivity index (χ3n) is 4.13. The molecule has 0 aliphatic carbocycles. The third-order valence-corrected chi connectivity index (χ3v) is 4.13. The molecule has 0 heterocycles. The second kappa shape index (κ2) is 18.6. The molecule has 162 valence electrons. The van der Waals surface area contributed by atoms with E-state index in [1.807, 2.05) is 99.1 Å². The summed E-state index contributed by atoms with van der Waals surface area (Å²) >= 11 is 0. The van der Waals surface area contributed by atoms with E-state index < -0.39 is 0 Å². The maximum Gasteiger partial charge on any atom is -0.0167 e. The van der Waals surface area contributed by atoms with E-state index in [0.717, 1.165) is 17.5 Å². The van der Waals surface area contributed by atoms with Gasteiger partial charge >= 0.3 is 0 Å². The largest absolute Gasteiger partial charge is 0.323 e. The van der Waals surface area contributed by atoms with Crippen molar-refractivity contribution in [2.45, 2.75) is 13.3 Å². The van der Waals surface area contributed by atoms with Crippen molar-refractivity contribution in [3.8, 4) is 0 Å². The molecule has 0 saturated carbocycles. The van der Waals surface area contributed by atoms with Gasteiger partial charge in [0.15, 0.2) is 0 Å². The second-order valence-corrected chi connectivity index (χ2v) is 6.41. The van der Waals surface area contributed by atoms with Crippen molar-refractivity contribution in [1.82, 2.24) is 5.32 Å². The highest BCUT2D eigenvalue weighted by atomic mass is 14.7. The van der Waals surface area contributed by atoms with Crippen LogP contribution in [0.2, 0.25) is 0 Å². The van der Waals surface area contributed by atoms with Gasteiger partial charge in [0.1, 0.15) is 0 Å². The van der Waals surface area contributed by atoms with E-state index in [-0.39, 0.29) is 0 Å². The summed E-state index contributed by atoms with van der Waals surface area (Å²) in [6.45, 7) is 16.9. The summed E-state index contributed by atoms with van der Waals surface area (Å²) in [4.78, 5) is 0. The minimum absolute atomic E-state index is 1.09. The maximum absolute atomic E-state index is 3.74. The predicted molar refractivity (Wildman–Crippen MR) is 144 cm³/mol. The second-order valence-electron chi connectivity index (χ2n) is 6.41. The van der Waals surface area contributed by atoms with Crippen molar-refractivity contribution in [2.75, 3.05) is 14.1 Å². The van der Waals surface area contributed by atoms with Gasteiger partial charge in [0.05, 0.1) is 0 Å². The van der Waals surface area contributed by atoms with E-state index in [2.05, 4.69) is 56.8 Å². The number of hydrogen-bond donors (Lipinski definition) is 1. The van der Waals surface area contributed by atoms with Crippen LogP contribution in [-0.4, -0.2) is 14.1 Å². The lowest BCUT2D eigenvalue weighted by Gasteiger charge is -1.99. The first-order valence-electron chi connectivity index (χ1n) is 10.4. The Bertz CT molecular complexity index is 864. The lowest BCUT2D eigenvalue weighted by molar-refractivity contribution is 1.02. The Labute approximate surface area is 190 Å². The van der Waals surface area contributed by atoms with Gasteiger partial charge in [-0.05, 0) is 48.3 Å². The highest BCUT2D eigenvalue weighted by Gasteiger charge is 1.92. The normalized spacial score (nSPS) is 8.61. The fourth-order valence-electron chi connectivity index (χ4n) is 2.53. The molecule has 31 heavy (non-hydrogen) atoms. The van der Waals surface area contributed by atoms with Gasteiger partial charge in [0.2, 0.25) is 0 Å². The molecule has 0 aliphatic rings. The van der Waals surface area contributed by atoms with Crippen LogP contribution < -0.4 is 5.32 Å². The molecule has 0 fully saturated rings. The maximum atomic E-state index is 3.74. The average molecular weight is 412 g/mol. The molecule has 3 aromatic carbocycles. The summed E-state index contributed by atoms with van der Waals surface area (Å²) in [5.74, 6) is 0. The first kappa shape index (κ1) is 27.6. The van der Waals surface area contributed by atoms with Crippen molar-refractivity contribution in [2.24, 2.45) is 0 Å². The zero-order chi connectivity index (χ0) is 23.3. The van der Waals surface area contributed by atoms with Crippen LogP contribution in [0.3, 0.4) is 0 Å². The summed E-state index contributed by atoms with van der Waals surface area (Å²) in [6.07, 6.45) is 8.48. The molecule has 3 aromatic rings. The standard InChI is InChI=1S/C10H12.C10H10.C8H8.C2H7N/c2*1-3-9-7-5-6-8-10(9)4-2;1-2-8-6-4-3-5-7-8;1-3-2/h3,5-8H,1,4H2,2H3;3-8H,1-2H2;2-7H,1H2;3H,1-2H3. The Morgan fingerprint density at radius 2 is 0.968 bits per heavy atom. The molecule has 0 saturated heterocycles. The minimum atomic E-state index is 1.09. The fraction of sp³-hybridized carbons (Fsp3) is 0.133. The van der Waals surface area contributed by atoms with Crippen LogP contribution in [0.25, 0.3) is 24.3 Å². The summed E-state index contributed by atoms with van der Waals surface area (Å²) in [5.41, 5.74) is 6.07. The Hall–Kier alpha value is -3.42. The van der Waals surface area contributed by atoms with Crippen LogP contribution in [0, 0.1) is 0 Å². The topological polar surface area (TPSA) is 12.0 Å². The SMILES string of the molecule is C=Cc1ccccc1.C=Cc1ccccc1C=C.C=Cc1ccccc1CC.CNC. The quantitative estimate of drug-likeness (QED) is 0.448. The molecule has 0 unspecified atom stereocenters. The summed E-state index contributed by atoms with van der Waals surface area (Å²) < 4.78 is 0. The molecule has 3 rings (SSSR count). The van der Waals surface area contributed by atoms with Crippen molar-refractivity contribution in [3.63, 3.8) is 0 Å². The van der Waals surface area contributed by atoms with Crippen LogP contribution in [0.4, 0.5) is 0 Å². The molecule has 0 aromatic heterocycles. The summed E-state index contributed by atoms with van der Waals surface area (Å²) in [5, 5.41) is 2.75. The van der Waals surface area contributed by atoms with E-state index in [1.54, 1.807) is 0 Å². The number of aryl methyl sites for hydroxylation is 1. The van der Waals surface area contributed by atoms with E-state index in [0.29, 0.717) is 0 Å². The third kappa shape index (κ3) is 12.0. The lowest BCUT2D eigenvalue weighted by atomic mass is 10.1. The number of rotatable bonds is 5. The Kier molecular flexibility index (Phi) is 16.5. The Morgan fingerprint density at radius 3 is 1.29 bits per heavy atom.